The monoisotopic (exact) mass is 470 g/mol. The normalized spacial score (nSPS) is 16.1. The predicted octanol–water partition coefficient (Wildman–Crippen LogP) is 2.04. The molecule has 0 rings (SSSR count). The van der Waals surface area contributed by atoms with Crippen LogP contribution in [0.25, 0.3) is 0 Å². The van der Waals surface area contributed by atoms with Crippen LogP contribution in [0.4, 0.5) is 0 Å². The van der Waals surface area contributed by atoms with E-state index in [9.17, 15) is 24.3 Å². The van der Waals surface area contributed by atoms with E-state index in [0.29, 0.717) is 25.7 Å². The largest absolute Gasteiger partial charge is 0.480 e. The summed E-state index contributed by atoms with van der Waals surface area (Å²) in [6.45, 7) is 15.2. The maximum absolute atomic E-state index is 13.1. The summed E-state index contributed by atoms with van der Waals surface area (Å²) >= 11 is 0. The Morgan fingerprint density at radius 1 is 0.697 bits per heavy atom. The van der Waals surface area contributed by atoms with Gasteiger partial charge in [-0.1, -0.05) is 61.8 Å². The third-order valence-corrected chi connectivity index (χ3v) is 5.52. The summed E-state index contributed by atoms with van der Waals surface area (Å²) in [5.74, 6) is -2.39. The quantitative estimate of drug-likeness (QED) is 0.247. The van der Waals surface area contributed by atoms with E-state index in [1.54, 1.807) is 6.92 Å². The number of carboxylic acids is 1. The lowest BCUT2D eigenvalue weighted by Gasteiger charge is -2.28. The van der Waals surface area contributed by atoms with Gasteiger partial charge in [-0.25, -0.2) is 4.79 Å². The fraction of sp³-hybridized carbons (Fsp3) is 0.833. The fourth-order valence-electron chi connectivity index (χ4n) is 3.51. The molecule has 0 spiro atoms. The van der Waals surface area contributed by atoms with Crippen LogP contribution in [-0.2, 0) is 19.2 Å². The molecule has 3 amide bonds. The summed E-state index contributed by atoms with van der Waals surface area (Å²) < 4.78 is 0. The van der Waals surface area contributed by atoms with Crippen LogP contribution in [-0.4, -0.2) is 53.0 Å². The molecule has 0 bridgehead atoms. The summed E-state index contributed by atoms with van der Waals surface area (Å²) in [5, 5.41) is 17.6. The summed E-state index contributed by atoms with van der Waals surface area (Å²) in [4.78, 5) is 50.2. The average Bonchev–Trinajstić information content (AvgIpc) is 2.68. The van der Waals surface area contributed by atoms with Crippen molar-refractivity contribution in [2.45, 2.75) is 105 Å². The molecular weight excluding hydrogens is 424 g/mol. The average molecular weight is 471 g/mol. The molecule has 0 aromatic rings. The summed E-state index contributed by atoms with van der Waals surface area (Å²) in [6.07, 6.45) is 1.79. The SMILES string of the molecule is CCC(C)C(NC(=O)C(CC(C)C)NC(=O)C(CC(C)C)NC(=O)C(N)CC(C)C)C(=O)O. The highest BCUT2D eigenvalue weighted by atomic mass is 16.4. The number of nitrogens with one attached hydrogen (secondary N) is 3. The lowest BCUT2D eigenvalue weighted by Crippen LogP contribution is -2.58. The zero-order valence-corrected chi connectivity index (χ0v) is 21.6. The second-order valence-corrected chi connectivity index (χ2v) is 10.3. The number of nitrogens with two attached hydrogens (primary N) is 1. The molecule has 5 atom stereocenters. The highest BCUT2D eigenvalue weighted by molar-refractivity contribution is 5.94. The molecule has 9 nitrogen and oxygen atoms in total. The van der Waals surface area contributed by atoms with Crippen LogP contribution in [0, 0.1) is 23.7 Å². The lowest BCUT2D eigenvalue weighted by atomic mass is 9.97. The third kappa shape index (κ3) is 12.0. The van der Waals surface area contributed by atoms with Gasteiger partial charge >= 0.3 is 5.97 Å². The van der Waals surface area contributed by atoms with Gasteiger partial charge < -0.3 is 26.8 Å². The minimum Gasteiger partial charge on any atom is -0.480 e. The second kappa shape index (κ2) is 14.9. The minimum absolute atomic E-state index is 0.0746. The number of carbonyl (C=O) groups excluding carboxylic acids is 3. The summed E-state index contributed by atoms with van der Waals surface area (Å²) in [6, 6.07) is -3.54. The van der Waals surface area contributed by atoms with Crippen LogP contribution >= 0.6 is 0 Å². The number of carboxylic acid groups (broad SMARTS) is 1. The van der Waals surface area contributed by atoms with Crippen molar-refractivity contribution in [1.82, 2.24) is 16.0 Å². The van der Waals surface area contributed by atoms with Gasteiger partial charge in [-0.15, -0.1) is 0 Å². The van der Waals surface area contributed by atoms with Gasteiger partial charge in [0.1, 0.15) is 18.1 Å². The molecule has 6 N–H and O–H groups in total. The predicted molar refractivity (Wildman–Crippen MR) is 129 cm³/mol. The van der Waals surface area contributed by atoms with E-state index in [0.717, 1.165) is 0 Å². The van der Waals surface area contributed by atoms with Crippen molar-refractivity contribution in [3.63, 3.8) is 0 Å². The molecule has 0 aliphatic carbocycles. The van der Waals surface area contributed by atoms with Gasteiger partial charge in [0.15, 0.2) is 0 Å². The molecule has 0 aromatic carbocycles. The Labute approximate surface area is 199 Å². The van der Waals surface area contributed by atoms with Crippen LogP contribution < -0.4 is 21.7 Å². The van der Waals surface area contributed by atoms with Crippen molar-refractivity contribution in [1.29, 1.82) is 0 Å². The number of aliphatic carboxylic acids is 1. The summed E-state index contributed by atoms with van der Waals surface area (Å²) in [7, 11) is 0. The van der Waals surface area contributed by atoms with Crippen molar-refractivity contribution in [2.75, 3.05) is 0 Å². The Morgan fingerprint density at radius 3 is 1.45 bits per heavy atom. The fourth-order valence-corrected chi connectivity index (χ4v) is 3.51. The first-order chi connectivity index (χ1) is 15.2. The standard InChI is InChI=1S/C24H46N4O5/c1-9-16(8)20(24(32)33)28-23(31)19(12-15(6)7)27-22(30)18(11-14(4)5)26-21(29)17(25)10-13(2)3/h13-20H,9-12,25H2,1-8H3,(H,26,29)(H,27,30)(H,28,31)(H,32,33). The molecule has 0 radical (unpaired) electrons. The molecule has 0 aromatic heterocycles. The minimum atomic E-state index is -1.11. The molecule has 192 valence electrons. The topological polar surface area (TPSA) is 151 Å². The number of rotatable bonds is 15. The maximum atomic E-state index is 13.1. The van der Waals surface area contributed by atoms with Crippen molar-refractivity contribution >= 4 is 23.7 Å². The highest BCUT2D eigenvalue weighted by Gasteiger charge is 2.32. The van der Waals surface area contributed by atoms with E-state index in [1.165, 1.54) is 0 Å². The van der Waals surface area contributed by atoms with Crippen molar-refractivity contribution < 1.29 is 24.3 Å². The van der Waals surface area contributed by atoms with Crippen LogP contribution in [0.5, 0.6) is 0 Å². The van der Waals surface area contributed by atoms with E-state index >= 15 is 0 Å². The van der Waals surface area contributed by atoms with Crippen LogP contribution in [0.2, 0.25) is 0 Å². The van der Waals surface area contributed by atoms with E-state index < -0.39 is 47.9 Å². The van der Waals surface area contributed by atoms with Crippen molar-refractivity contribution in [2.24, 2.45) is 29.4 Å². The first kappa shape index (κ1) is 30.8. The van der Waals surface area contributed by atoms with E-state index in [1.807, 2.05) is 48.5 Å². The van der Waals surface area contributed by atoms with Gasteiger partial charge in [-0.05, 0) is 42.9 Å². The molecule has 0 aliphatic heterocycles. The second-order valence-electron chi connectivity index (χ2n) is 10.3. The Hall–Kier alpha value is -2.16. The molecule has 0 saturated carbocycles. The molecule has 5 unspecified atom stereocenters. The first-order valence-electron chi connectivity index (χ1n) is 12.1. The van der Waals surface area contributed by atoms with Crippen LogP contribution in [0.1, 0.15) is 81.1 Å². The summed E-state index contributed by atoms with van der Waals surface area (Å²) in [5.41, 5.74) is 5.97. The Morgan fingerprint density at radius 2 is 1.09 bits per heavy atom. The highest BCUT2D eigenvalue weighted by Crippen LogP contribution is 2.12. The zero-order chi connectivity index (χ0) is 25.9. The lowest BCUT2D eigenvalue weighted by molar-refractivity contribution is -0.144. The number of hydrogen-bond donors (Lipinski definition) is 5. The van der Waals surface area contributed by atoms with Gasteiger partial charge in [0.05, 0.1) is 6.04 Å². The molecule has 0 fully saturated rings. The van der Waals surface area contributed by atoms with E-state index in [2.05, 4.69) is 16.0 Å². The van der Waals surface area contributed by atoms with Gasteiger partial charge in [0.25, 0.3) is 0 Å². The number of amides is 3. The molecule has 0 aliphatic rings. The van der Waals surface area contributed by atoms with Crippen molar-refractivity contribution in [3.05, 3.63) is 0 Å². The van der Waals surface area contributed by atoms with Crippen molar-refractivity contribution in [3.8, 4) is 0 Å². The molecule has 33 heavy (non-hydrogen) atoms. The Kier molecular flexibility index (Phi) is 13.9. The number of hydrogen-bond acceptors (Lipinski definition) is 5. The van der Waals surface area contributed by atoms with Crippen LogP contribution in [0.3, 0.4) is 0 Å². The van der Waals surface area contributed by atoms with Gasteiger partial charge in [-0.3, -0.25) is 14.4 Å². The third-order valence-electron chi connectivity index (χ3n) is 5.52. The Balaban J connectivity index is 5.54. The molecule has 0 saturated heterocycles. The molecule has 9 heteroatoms. The zero-order valence-electron chi connectivity index (χ0n) is 21.6. The van der Waals surface area contributed by atoms with Crippen LogP contribution in [0.15, 0.2) is 0 Å². The molecule has 0 heterocycles. The van der Waals surface area contributed by atoms with E-state index in [4.69, 9.17) is 5.73 Å². The van der Waals surface area contributed by atoms with Gasteiger partial charge in [0, 0.05) is 0 Å². The van der Waals surface area contributed by atoms with Gasteiger partial charge in [0.2, 0.25) is 17.7 Å². The Bertz CT molecular complexity index is 651. The maximum Gasteiger partial charge on any atom is 0.326 e. The van der Waals surface area contributed by atoms with Gasteiger partial charge in [-0.2, -0.15) is 0 Å². The smallest absolute Gasteiger partial charge is 0.326 e. The first-order valence-corrected chi connectivity index (χ1v) is 12.1. The number of carbonyl (C=O) groups is 4. The molecular formula is C24H46N4O5. The van der Waals surface area contributed by atoms with E-state index in [-0.39, 0.29) is 23.7 Å².